The molecule has 0 spiro atoms. The van der Waals surface area contributed by atoms with Crippen molar-refractivity contribution >= 4 is 17.3 Å². The number of carbonyl (C=O) groups excluding carboxylic acids is 1. The molecule has 0 aliphatic carbocycles. The number of carbonyl (C=O) groups is 1. The molecule has 1 amide bonds. The van der Waals surface area contributed by atoms with E-state index >= 15 is 0 Å². The van der Waals surface area contributed by atoms with Gasteiger partial charge in [0, 0.05) is 37.1 Å². The number of hydrogen-bond donors (Lipinski definition) is 1. The SMILES string of the molecule is COc1ccc(NC(=O)CCn2cccn2)cc1[N+](=O)[O-]. The molecule has 110 valence electrons. The average Bonchev–Trinajstić information content (AvgIpc) is 2.98. The molecule has 0 unspecified atom stereocenters. The Labute approximate surface area is 120 Å². The standard InChI is InChI=1S/C13H14N4O4/c1-21-12-4-3-10(9-11(12)17(19)20)15-13(18)5-8-16-7-2-6-14-16/h2-4,6-7,9H,5,8H2,1H3,(H,15,18). The summed E-state index contributed by atoms with van der Waals surface area (Å²) in [6.45, 7) is 0.442. The maximum absolute atomic E-state index is 11.8. The number of nitrogens with zero attached hydrogens (tertiary/aromatic N) is 3. The average molecular weight is 290 g/mol. The molecule has 8 heteroatoms. The van der Waals surface area contributed by atoms with Gasteiger partial charge in [0.15, 0.2) is 5.75 Å². The van der Waals surface area contributed by atoms with Crippen LogP contribution in [0.15, 0.2) is 36.7 Å². The van der Waals surface area contributed by atoms with E-state index in [0.717, 1.165) is 0 Å². The lowest BCUT2D eigenvalue weighted by Crippen LogP contribution is -2.14. The summed E-state index contributed by atoms with van der Waals surface area (Å²) in [6.07, 6.45) is 3.61. The van der Waals surface area contributed by atoms with E-state index in [-0.39, 0.29) is 23.8 Å². The van der Waals surface area contributed by atoms with Crippen LogP contribution in [0.5, 0.6) is 5.75 Å². The highest BCUT2D eigenvalue weighted by atomic mass is 16.6. The fraction of sp³-hybridized carbons (Fsp3) is 0.231. The number of anilines is 1. The molecule has 2 aromatic rings. The molecule has 0 aliphatic rings. The first kappa shape index (κ1) is 14.5. The van der Waals surface area contributed by atoms with Gasteiger partial charge in [-0.2, -0.15) is 5.10 Å². The number of ether oxygens (including phenoxy) is 1. The highest BCUT2D eigenvalue weighted by Gasteiger charge is 2.16. The molecule has 2 rings (SSSR count). The summed E-state index contributed by atoms with van der Waals surface area (Å²) in [4.78, 5) is 22.1. The number of methoxy groups -OCH3 is 1. The van der Waals surface area contributed by atoms with E-state index < -0.39 is 4.92 Å². The number of aryl methyl sites for hydroxylation is 1. The van der Waals surface area contributed by atoms with Crippen LogP contribution >= 0.6 is 0 Å². The highest BCUT2D eigenvalue weighted by Crippen LogP contribution is 2.29. The quantitative estimate of drug-likeness (QED) is 0.646. The van der Waals surface area contributed by atoms with E-state index in [0.29, 0.717) is 12.2 Å². The topological polar surface area (TPSA) is 99.3 Å². The number of hydrogen-bond acceptors (Lipinski definition) is 5. The Morgan fingerprint density at radius 3 is 2.95 bits per heavy atom. The number of amides is 1. The number of aromatic nitrogens is 2. The van der Waals surface area contributed by atoms with Crippen molar-refractivity contribution in [2.24, 2.45) is 0 Å². The van der Waals surface area contributed by atoms with Crippen LogP contribution in [0.1, 0.15) is 6.42 Å². The second-order valence-electron chi connectivity index (χ2n) is 4.21. The summed E-state index contributed by atoms with van der Waals surface area (Å²) >= 11 is 0. The molecule has 0 saturated carbocycles. The first-order chi connectivity index (χ1) is 10.1. The lowest BCUT2D eigenvalue weighted by atomic mass is 10.2. The maximum Gasteiger partial charge on any atom is 0.312 e. The van der Waals surface area contributed by atoms with Crippen LogP contribution < -0.4 is 10.1 Å². The van der Waals surface area contributed by atoms with E-state index in [1.165, 1.54) is 19.2 Å². The molecule has 0 aliphatic heterocycles. The second kappa shape index (κ2) is 6.51. The highest BCUT2D eigenvalue weighted by molar-refractivity contribution is 5.91. The van der Waals surface area contributed by atoms with E-state index in [4.69, 9.17) is 4.74 Å². The minimum absolute atomic E-state index is 0.148. The van der Waals surface area contributed by atoms with E-state index in [9.17, 15) is 14.9 Å². The van der Waals surface area contributed by atoms with Crippen LogP contribution in [0.3, 0.4) is 0 Å². The van der Waals surface area contributed by atoms with Crippen LogP contribution in [0.2, 0.25) is 0 Å². The number of nitrogens with one attached hydrogen (secondary N) is 1. The van der Waals surface area contributed by atoms with Crippen molar-refractivity contribution in [2.75, 3.05) is 12.4 Å². The lowest BCUT2D eigenvalue weighted by molar-refractivity contribution is -0.385. The van der Waals surface area contributed by atoms with Gasteiger partial charge < -0.3 is 10.1 Å². The second-order valence-corrected chi connectivity index (χ2v) is 4.21. The Bertz CT molecular complexity index is 640. The van der Waals surface area contributed by atoms with E-state index in [2.05, 4.69) is 10.4 Å². The fourth-order valence-corrected chi connectivity index (χ4v) is 1.78. The predicted octanol–water partition coefficient (Wildman–Crippen LogP) is 1.83. The van der Waals surface area contributed by atoms with Crippen LogP contribution in [0, 0.1) is 10.1 Å². The summed E-state index contributed by atoms with van der Waals surface area (Å²) in [5.74, 6) is -0.0977. The van der Waals surface area contributed by atoms with Gasteiger partial charge in [0.1, 0.15) is 0 Å². The maximum atomic E-state index is 11.8. The first-order valence-corrected chi connectivity index (χ1v) is 6.20. The number of benzene rings is 1. The molecule has 0 radical (unpaired) electrons. The smallest absolute Gasteiger partial charge is 0.312 e. The molecule has 0 saturated heterocycles. The molecular weight excluding hydrogens is 276 g/mol. The van der Waals surface area contributed by atoms with Crippen molar-refractivity contribution in [3.05, 3.63) is 46.8 Å². The Kier molecular flexibility index (Phi) is 4.50. The Morgan fingerprint density at radius 1 is 1.52 bits per heavy atom. The summed E-state index contributed by atoms with van der Waals surface area (Å²) in [7, 11) is 1.35. The fourth-order valence-electron chi connectivity index (χ4n) is 1.78. The van der Waals surface area contributed by atoms with Crippen molar-refractivity contribution in [2.45, 2.75) is 13.0 Å². The van der Waals surface area contributed by atoms with Gasteiger partial charge >= 0.3 is 5.69 Å². The number of nitro groups is 1. The van der Waals surface area contributed by atoms with Gasteiger partial charge in [-0.3, -0.25) is 19.6 Å². The minimum atomic E-state index is -0.557. The van der Waals surface area contributed by atoms with Crippen LogP contribution in [0.25, 0.3) is 0 Å². The molecule has 21 heavy (non-hydrogen) atoms. The lowest BCUT2D eigenvalue weighted by Gasteiger charge is -2.07. The molecule has 1 heterocycles. The molecule has 1 N–H and O–H groups in total. The van der Waals surface area contributed by atoms with Crippen LogP contribution in [0.4, 0.5) is 11.4 Å². The van der Waals surface area contributed by atoms with Crippen molar-refractivity contribution in [3.8, 4) is 5.75 Å². The zero-order chi connectivity index (χ0) is 15.2. The molecule has 0 bridgehead atoms. The Balaban J connectivity index is 2.00. The molecule has 1 aromatic heterocycles. The van der Waals surface area contributed by atoms with Crippen molar-refractivity contribution in [1.82, 2.24) is 9.78 Å². The van der Waals surface area contributed by atoms with Crippen molar-refractivity contribution in [3.63, 3.8) is 0 Å². The third-order valence-corrected chi connectivity index (χ3v) is 2.79. The minimum Gasteiger partial charge on any atom is -0.490 e. The molecule has 1 aromatic carbocycles. The molecule has 0 atom stereocenters. The first-order valence-electron chi connectivity index (χ1n) is 6.20. The molecule has 0 fully saturated rings. The predicted molar refractivity (Wildman–Crippen MR) is 75.1 cm³/mol. The van der Waals surface area contributed by atoms with Gasteiger partial charge in [0.25, 0.3) is 0 Å². The van der Waals surface area contributed by atoms with Crippen molar-refractivity contribution in [1.29, 1.82) is 0 Å². The summed E-state index contributed by atoms with van der Waals surface area (Å²) in [6, 6.07) is 6.04. The Morgan fingerprint density at radius 2 is 2.33 bits per heavy atom. The van der Waals surface area contributed by atoms with Gasteiger partial charge in [0.2, 0.25) is 5.91 Å². The van der Waals surface area contributed by atoms with E-state index in [1.807, 2.05) is 0 Å². The van der Waals surface area contributed by atoms with Gasteiger partial charge in [-0.05, 0) is 18.2 Å². The summed E-state index contributed by atoms with van der Waals surface area (Å²) in [5, 5.41) is 17.5. The van der Waals surface area contributed by atoms with Gasteiger partial charge in [-0.25, -0.2) is 0 Å². The Hall–Kier alpha value is -2.90. The van der Waals surface area contributed by atoms with Crippen LogP contribution in [-0.2, 0) is 11.3 Å². The van der Waals surface area contributed by atoms with E-state index in [1.54, 1.807) is 29.2 Å². The van der Waals surface area contributed by atoms with Crippen molar-refractivity contribution < 1.29 is 14.5 Å². The molecular formula is C13H14N4O4. The summed E-state index contributed by atoms with van der Waals surface area (Å²) < 4.78 is 6.53. The zero-order valence-electron chi connectivity index (χ0n) is 11.4. The van der Waals surface area contributed by atoms with Gasteiger partial charge in [0.05, 0.1) is 12.0 Å². The largest absolute Gasteiger partial charge is 0.490 e. The number of rotatable bonds is 6. The third kappa shape index (κ3) is 3.78. The normalized spacial score (nSPS) is 10.1. The summed E-state index contributed by atoms with van der Waals surface area (Å²) in [5.41, 5.74) is 0.162. The third-order valence-electron chi connectivity index (χ3n) is 2.79. The number of nitro benzene ring substituents is 1. The zero-order valence-corrected chi connectivity index (χ0v) is 11.4. The monoisotopic (exact) mass is 290 g/mol. The van der Waals surface area contributed by atoms with Gasteiger partial charge in [-0.1, -0.05) is 0 Å². The molecule has 8 nitrogen and oxygen atoms in total. The van der Waals surface area contributed by atoms with Gasteiger partial charge in [-0.15, -0.1) is 0 Å². The van der Waals surface area contributed by atoms with Crippen LogP contribution in [-0.4, -0.2) is 27.7 Å².